The van der Waals surface area contributed by atoms with Crippen LogP contribution in [0.25, 0.3) is 0 Å². The standard InChI is InChI=1S/C25H28N2O4/c28-22-10-7-17-27(22)18-19-11-13-21(14-12-19)25(30)31-23(20-8-3-1-4-9-20)24(29)26-15-5-2-6-16-26/h1,3-4,8-9,11-14,23H,2,5-7,10,15-18H2/t23-/m1/s1. The first-order valence-electron chi connectivity index (χ1n) is 11.0. The van der Waals surface area contributed by atoms with Crippen LogP contribution in [-0.2, 0) is 20.9 Å². The summed E-state index contributed by atoms with van der Waals surface area (Å²) in [7, 11) is 0. The average molecular weight is 421 g/mol. The third kappa shape index (κ3) is 5.13. The molecule has 0 radical (unpaired) electrons. The number of nitrogens with zero attached hydrogens (tertiary/aromatic N) is 2. The van der Waals surface area contributed by atoms with Gasteiger partial charge in [0.05, 0.1) is 5.56 Å². The lowest BCUT2D eigenvalue weighted by Crippen LogP contribution is -2.40. The molecule has 0 saturated carbocycles. The minimum Gasteiger partial charge on any atom is -0.444 e. The third-order valence-corrected chi connectivity index (χ3v) is 5.95. The minimum atomic E-state index is -0.950. The Kier molecular flexibility index (Phi) is 6.65. The van der Waals surface area contributed by atoms with Crippen molar-refractivity contribution in [1.29, 1.82) is 0 Å². The van der Waals surface area contributed by atoms with E-state index >= 15 is 0 Å². The van der Waals surface area contributed by atoms with Gasteiger partial charge in [0.15, 0.2) is 0 Å². The van der Waals surface area contributed by atoms with Crippen LogP contribution >= 0.6 is 0 Å². The second-order valence-electron chi connectivity index (χ2n) is 8.20. The molecule has 2 amide bonds. The van der Waals surface area contributed by atoms with Gasteiger partial charge in [-0.05, 0) is 43.4 Å². The number of carbonyl (C=O) groups excluding carboxylic acids is 3. The number of rotatable bonds is 6. The van der Waals surface area contributed by atoms with E-state index in [0.717, 1.165) is 37.8 Å². The highest BCUT2D eigenvalue weighted by molar-refractivity contribution is 5.92. The van der Waals surface area contributed by atoms with E-state index in [4.69, 9.17) is 4.74 Å². The zero-order chi connectivity index (χ0) is 21.6. The molecular weight excluding hydrogens is 392 g/mol. The molecule has 6 nitrogen and oxygen atoms in total. The monoisotopic (exact) mass is 420 g/mol. The van der Waals surface area contributed by atoms with Crippen molar-refractivity contribution in [1.82, 2.24) is 9.80 Å². The summed E-state index contributed by atoms with van der Waals surface area (Å²) in [5.41, 5.74) is 2.04. The molecular formula is C25H28N2O4. The molecule has 2 fully saturated rings. The summed E-state index contributed by atoms with van der Waals surface area (Å²) < 4.78 is 5.73. The summed E-state index contributed by atoms with van der Waals surface area (Å²) in [6, 6.07) is 16.3. The van der Waals surface area contributed by atoms with Crippen molar-refractivity contribution in [3.8, 4) is 0 Å². The van der Waals surface area contributed by atoms with E-state index in [1.165, 1.54) is 0 Å². The normalized spacial score (nSPS) is 17.5. The van der Waals surface area contributed by atoms with Gasteiger partial charge in [-0.15, -0.1) is 0 Å². The number of esters is 1. The van der Waals surface area contributed by atoms with Crippen LogP contribution in [-0.4, -0.2) is 47.2 Å². The third-order valence-electron chi connectivity index (χ3n) is 5.95. The molecule has 2 aliphatic heterocycles. The van der Waals surface area contributed by atoms with E-state index in [0.29, 0.717) is 37.2 Å². The smallest absolute Gasteiger partial charge is 0.339 e. The van der Waals surface area contributed by atoms with Gasteiger partial charge >= 0.3 is 5.97 Å². The molecule has 1 atom stereocenters. The molecule has 2 aromatic rings. The van der Waals surface area contributed by atoms with Crippen LogP contribution < -0.4 is 0 Å². The van der Waals surface area contributed by atoms with Gasteiger partial charge in [0.1, 0.15) is 0 Å². The Morgan fingerprint density at radius 2 is 1.58 bits per heavy atom. The summed E-state index contributed by atoms with van der Waals surface area (Å²) in [5.74, 6) is -0.517. The lowest BCUT2D eigenvalue weighted by molar-refractivity contribution is -0.142. The number of likely N-dealkylation sites (tertiary alicyclic amines) is 2. The number of ether oxygens (including phenoxy) is 1. The molecule has 2 aliphatic rings. The summed E-state index contributed by atoms with van der Waals surface area (Å²) >= 11 is 0. The molecule has 0 aromatic heterocycles. The van der Waals surface area contributed by atoms with Gasteiger partial charge in [-0.1, -0.05) is 42.5 Å². The van der Waals surface area contributed by atoms with Crippen LogP contribution in [0.4, 0.5) is 0 Å². The molecule has 0 spiro atoms. The summed E-state index contributed by atoms with van der Waals surface area (Å²) in [4.78, 5) is 41.5. The van der Waals surface area contributed by atoms with E-state index in [9.17, 15) is 14.4 Å². The van der Waals surface area contributed by atoms with Gasteiger partial charge in [-0.25, -0.2) is 4.79 Å². The van der Waals surface area contributed by atoms with Gasteiger partial charge < -0.3 is 14.5 Å². The van der Waals surface area contributed by atoms with Crippen molar-refractivity contribution >= 4 is 17.8 Å². The van der Waals surface area contributed by atoms with Crippen LogP contribution in [0, 0.1) is 0 Å². The van der Waals surface area contributed by atoms with Crippen molar-refractivity contribution < 1.29 is 19.1 Å². The van der Waals surface area contributed by atoms with Crippen molar-refractivity contribution in [3.63, 3.8) is 0 Å². The first-order valence-corrected chi connectivity index (χ1v) is 11.0. The van der Waals surface area contributed by atoms with Crippen LogP contribution in [0.5, 0.6) is 0 Å². The van der Waals surface area contributed by atoms with Crippen LogP contribution in [0.1, 0.15) is 59.7 Å². The molecule has 0 unspecified atom stereocenters. The topological polar surface area (TPSA) is 66.9 Å². The Labute approximate surface area is 182 Å². The quantitative estimate of drug-likeness (QED) is 0.668. The minimum absolute atomic E-state index is 0.164. The van der Waals surface area contributed by atoms with Crippen LogP contribution in [0.2, 0.25) is 0 Å². The van der Waals surface area contributed by atoms with Crippen molar-refractivity contribution in [2.45, 2.75) is 44.8 Å². The van der Waals surface area contributed by atoms with Gasteiger partial charge in [-0.3, -0.25) is 9.59 Å². The lowest BCUT2D eigenvalue weighted by atomic mass is 10.1. The molecule has 0 bridgehead atoms. The van der Waals surface area contributed by atoms with Crippen molar-refractivity contribution in [2.75, 3.05) is 19.6 Å². The number of carbonyl (C=O) groups is 3. The lowest BCUT2D eigenvalue weighted by Gasteiger charge is -2.30. The molecule has 6 heteroatoms. The zero-order valence-corrected chi connectivity index (χ0v) is 17.7. The van der Waals surface area contributed by atoms with Crippen LogP contribution in [0.3, 0.4) is 0 Å². The SMILES string of the molecule is O=C(O[C@@H](C(=O)N1CCCCC1)c1ccccc1)c1ccc(CN2CCCC2=O)cc1. The molecule has 2 aromatic carbocycles. The van der Waals surface area contributed by atoms with Crippen molar-refractivity contribution in [3.05, 3.63) is 71.3 Å². The summed E-state index contributed by atoms with van der Waals surface area (Å²) in [6.45, 7) is 2.72. The van der Waals surface area contributed by atoms with E-state index < -0.39 is 12.1 Å². The number of hydrogen-bond acceptors (Lipinski definition) is 4. The highest BCUT2D eigenvalue weighted by Gasteiger charge is 2.30. The second-order valence-corrected chi connectivity index (χ2v) is 8.20. The first-order chi connectivity index (χ1) is 15.1. The number of benzene rings is 2. The van der Waals surface area contributed by atoms with Gasteiger partial charge in [0.25, 0.3) is 5.91 Å². The molecule has 0 N–H and O–H groups in total. The highest BCUT2D eigenvalue weighted by atomic mass is 16.5. The second kappa shape index (κ2) is 9.77. The fourth-order valence-electron chi connectivity index (χ4n) is 4.18. The van der Waals surface area contributed by atoms with Gasteiger partial charge in [0.2, 0.25) is 12.0 Å². The Hall–Kier alpha value is -3.15. The molecule has 2 heterocycles. The number of piperidine rings is 1. The molecule has 0 aliphatic carbocycles. The fourth-order valence-corrected chi connectivity index (χ4v) is 4.18. The Bertz CT molecular complexity index is 920. The maximum absolute atomic E-state index is 13.2. The maximum atomic E-state index is 13.2. The molecule has 162 valence electrons. The Morgan fingerprint density at radius 3 is 2.23 bits per heavy atom. The summed E-state index contributed by atoms with van der Waals surface area (Å²) in [6.07, 6.45) is 3.62. The molecule has 2 saturated heterocycles. The zero-order valence-electron chi connectivity index (χ0n) is 17.7. The predicted molar refractivity (Wildman–Crippen MR) is 116 cm³/mol. The molecule has 4 rings (SSSR count). The van der Waals surface area contributed by atoms with Crippen LogP contribution in [0.15, 0.2) is 54.6 Å². The van der Waals surface area contributed by atoms with Gasteiger partial charge in [0, 0.05) is 38.2 Å². The first kappa shape index (κ1) is 21.1. The van der Waals surface area contributed by atoms with Gasteiger partial charge in [-0.2, -0.15) is 0 Å². The Balaban J connectivity index is 1.46. The highest BCUT2D eigenvalue weighted by Crippen LogP contribution is 2.24. The van der Waals surface area contributed by atoms with E-state index in [-0.39, 0.29) is 11.8 Å². The number of amides is 2. The molecule has 31 heavy (non-hydrogen) atoms. The average Bonchev–Trinajstić information content (AvgIpc) is 3.22. The van der Waals surface area contributed by atoms with E-state index in [1.807, 2.05) is 47.4 Å². The number of hydrogen-bond donors (Lipinski definition) is 0. The maximum Gasteiger partial charge on any atom is 0.339 e. The largest absolute Gasteiger partial charge is 0.444 e. The Morgan fingerprint density at radius 1 is 0.871 bits per heavy atom. The predicted octanol–water partition coefficient (Wildman–Crippen LogP) is 3.72. The summed E-state index contributed by atoms with van der Waals surface area (Å²) in [5, 5.41) is 0. The van der Waals surface area contributed by atoms with E-state index in [1.54, 1.807) is 17.0 Å². The van der Waals surface area contributed by atoms with Crippen molar-refractivity contribution in [2.24, 2.45) is 0 Å². The fraction of sp³-hybridized carbons (Fsp3) is 0.400. The van der Waals surface area contributed by atoms with E-state index in [2.05, 4.69) is 0 Å².